The Kier molecular flexibility index (Phi) is 4.38. The summed E-state index contributed by atoms with van der Waals surface area (Å²) < 4.78 is 28.1. The molecule has 1 fully saturated rings. The van der Waals surface area contributed by atoms with Crippen LogP contribution >= 0.6 is 38.9 Å². The van der Waals surface area contributed by atoms with Crippen molar-refractivity contribution in [2.24, 2.45) is 0 Å². The molecule has 0 amide bonds. The first-order chi connectivity index (χ1) is 10.00. The van der Waals surface area contributed by atoms with Gasteiger partial charge in [-0.2, -0.15) is 4.31 Å². The zero-order valence-corrected chi connectivity index (χ0v) is 14.8. The topological polar surface area (TPSA) is 50.3 Å². The van der Waals surface area contributed by atoms with Crippen molar-refractivity contribution in [3.05, 3.63) is 45.0 Å². The second-order valence-corrected chi connectivity index (χ2v) is 9.64. The van der Waals surface area contributed by atoms with Gasteiger partial charge in [0.25, 0.3) is 10.0 Å². The van der Waals surface area contributed by atoms with Gasteiger partial charge < -0.3 is 0 Å². The molecule has 8 heteroatoms. The molecule has 1 atom stereocenters. The lowest BCUT2D eigenvalue weighted by Gasteiger charge is -2.23. The molecule has 3 rings (SSSR count). The van der Waals surface area contributed by atoms with E-state index in [2.05, 4.69) is 20.9 Å². The van der Waals surface area contributed by atoms with Gasteiger partial charge in [-0.15, -0.1) is 11.3 Å². The van der Waals surface area contributed by atoms with Crippen LogP contribution in [0, 0.1) is 0 Å². The van der Waals surface area contributed by atoms with E-state index in [4.69, 9.17) is 11.6 Å². The molecule has 1 aliphatic heterocycles. The number of pyridine rings is 1. The number of nitrogens with zero attached hydrogens (tertiary/aromatic N) is 2. The minimum atomic E-state index is -3.52. The van der Waals surface area contributed by atoms with E-state index in [9.17, 15) is 8.42 Å². The van der Waals surface area contributed by atoms with Gasteiger partial charge in [-0.3, -0.25) is 4.98 Å². The molecule has 0 radical (unpaired) electrons. The van der Waals surface area contributed by atoms with Gasteiger partial charge in [0.1, 0.15) is 4.21 Å². The zero-order valence-electron chi connectivity index (χ0n) is 10.9. The average molecular weight is 408 g/mol. The van der Waals surface area contributed by atoms with Crippen LogP contribution in [0.4, 0.5) is 0 Å². The van der Waals surface area contributed by atoms with Gasteiger partial charge in [-0.05, 0) is 52.5 Å². The SMILES string of the molecule is O=S(=O)(c1cc(Cl)c(Br)s1)N1CCCC1c1ccncc1. The van der Waals surface area contributed by atoms with Crippen LogP contribution in [0.25, 0.3) is 0 Å². The van der Waals surface area contributed by atoms with Crippen LogP contribution in [0.2, 0.25) is 5.02 Å². The highest BCUT2D eigenvalue weighted by Gasteiger charge is 2.37. The number of thiophene rings is 1. The van der Waals surface area contributed by atoms with Crippen LogP contribution in [-0.4, -0.2) is 24.3 Å². The lowest BCUT2D eigenvalue weighted by Crippen LogP contribution is -2.30. The zero-order chi connectivity index (χ0) is 15.0. The highest BCUT2D eigenvalue weighted by atomic mass is 79.9. The molecule has 2 aromatic rings. The molecule has 1 aliphatic rings. The monoisotopic (exact) mass is 406 g/mol. The van der Waals surface area contributed by atoms with Crippen LogP contribution < -0.4 is 0 Å². The summed E-state index contributed by atoms with van der Waals surface area (Å²) in [6.07, 6.45) is 5.06. The standard InChI is InChI=1S/C13H12BrClN2O2S2/c14-13-10(15)8-12(20-13)21(18,19)17-7-1-2-11(17)9-3-5-16-6-4-9/h3-6,8,11H,1-2,7H2. The summed E-state index contributed by atoms with van der Waals surface area (Å²) in [4.78, 5) is 3.99. The first kappa shape index (κ1) is 15.4. The van der Waals surface area contributed by atoms with Crippen LogP contribution in [0.3, 0.4) is 0 Å². The first-order valence-corrected chi connectivity index (χ1v) is 9.79. The van der Waals surface area contributed by atoms with Crippen LogP contribution in [0.5, 0.6) is 0 Å². The Balaban J connectivity index is 1.98. The molecule has 2 aromatic heterocycles. The molecule has 0 bridgehead atoms. The molecule has 21 heavy (non-hydrogen) atoms. The van der Waals surface area contributed by atoms with E-state index in [1.54, 1.807) is 16.7 Å². The summed E-state index contributed by atoms with van der Waals surface area (Å²) in [7, 11) is -3.52. The van der Waals surface area contributed by atoms with E-state index < -0.39 is 10.0 Å². The van der Waals surface area contributed by atoms with Crippen molar-refractivity contribution in [3.8, 4) is 0 Å². The molecule has 1 unspecified atom stereocenters. The smallest absolute Gasteiger partial charge is 0.253 e. The normalized spacial score (nSPS) is 20.0. The predicted molar refractivity (Wildman–Crippen MR) is 87.1 cm³/mol. The molecule has 112 valence electrons. The lowest BCUT2D eigenvalue weighted by atomic mass is 10.1. The van der Waals surface area contributed by atoms with Crippen molar-refractivity contribution in [1.29, 1.82) is 0 Å². The molecule has 0 N–H and O–H groups in total. The van der Waals surface area contributed by atoms with Crippen molar-refractivity contribution < 1.29 is 8.42 Å². The summed E-state index contributed by atoms with van der Waals surface area (Å²) in [5, 5.41) is 0.429. The van der Waals surface area contributed by atoms with E-state index in [-0.39, 0.29) is 10.3 Å². The van der Waals surface area contributed by atoms with Gasteiger partial charge >= 0.3 is 0 Å². The minimum Gasteiger partial charge on any atom is -0.265 e. The fourth-order valence-corrected chi connectivity index (χ4v) is 6.73. The molecular formula is C13H12BrClN2O2S2. The first-order valence-electron chi connectivity index (χ1n) is 6.37. The quantitative estimate of drug-likeness (QED) is 0.770. The van der Waals surface area contributed by atoms with Crippen molar-refractivity contribution in [2.75, 3.05) is 6.54 Å². The highest BCUT2D eigenvalue weighted by molar-refractivity contribution is 9.11. The summed E-state index contributed by atoms with van der Waals surface area (Å²) >= 11 is 10.4. The largest absolute Gasteiger partial charge is 0.265 e. The Labute approximate surface area is 140 Å². The van der Waals surface area contributed by atoms with Gasteiger partial charge in [0.05, 0.1) is 14.9 Å². The Hall–Kier alpha value is -0.470. The fraction of sp³-hybridized carbons (Fsp3) is 0.308. The number of halogens is 2. The number of aromatic nitrogens is 1. The number of rotatable bonds is 3. The third kappa shape index (κ3) is 2.90. The molecular weight excluding hydrogens is 396 g/mol. The molecule has 0 aromatic carbocycles. The van der Waals surface area contributed by atoms with E-state index >= 15 is 0 Å². The summed E-state index contributed by atoms with van der Waals surface area (Å²) in [6.45, 7) is 0.530. The maximum Gasteiger partial charge on any atom is 0.253 e. The Bertz CT molecular complexity index is 729. The van der Waals surface area contributed by atoms with Crippen molar-refractivity contribution in [3.63, 3.8) is 0 Å². The summed E-state index contributed by atoms with van der Waals surface area (Å²) in [5.74, 6) is 0. The summed E-state index contributed by atoms with van der Waals surface area (Å²) in [6, 6.07) is 5.12. The lowest BCUT2D eigenvalue weighted by molar-refractivity contribution is 0.397. The van der Waals surface area contributed by atoms with Gasteiger partial charge in [0.2, 0.25) is 0 Å². The van der Waals surface area contributed by atoms with Gasteiger partial charge in [-0.25, -0.2) is 8.42 Å². The molecule has 1 saturated heterocycles. The van der Waals surface area contributed by atoms with Crippen LogP contribution in [0.1, 0.15) is 24.4 Å². The molecule has 3 heterocycles. The number of hydrogen-bond donors (Lipinski definition) is 0. The maximum absolute atomic E-state index is 12.8. The molecule has 0 aliphatic carbocycles. The fourth-order valence-electron chi connectivity index (χ4n) is 2.52. The van der Waals surface area contributed by atoms with E-state index in [0.29, 0.717) is 15.4 Å². The Morgan fingerprint density at radius 2 is 2.10 bits per heavy atom. The van der Waals surface area contributed by atoms with Crippen molar-refractivity contribution in [1.82, 2.24) is 9.29 Å². The van der Waals surface area contributed by atoms with Gasteiger partial charge in [-0.1, -0.05) is 11.6 Å². The van der Waals surface area contributed by atoms with E-state index in [1.807, 2.05) is 12.1 Å². The predicted octanol–water partition coefficient (Wildman–Crippen LogP) is 4.08. The number of hydrogen-bond acceptors (Lipinski definition) is 4. The third-order valence-electron chi connectivity index (χ3n) is 3.48. The molecule has 0 saturated carbocycles. The van der Waals surface area contributed by atoms with E-state index in [0.717, 1.165) is 29.7 Å². The van der Waals surface area contributed by atoms with Crippen LogP contribution in [0.15, 0.2) is 38.6 Å². The van der Waals surface area contributed by atoms with Crippen molar-refractivity contribution >= 4 is 48.9 Å². The van der Waals surface area contributed by atoms with Gasteiger partial charge in [0, 0.05) is 18.9 Å². The third-order valence-corrected chi connectivity index (χ3v) is 8.31. The van der Waals surface area contributed by atoms with Gasteiger partial charge in [0.15, 0.2) is 0 Å². The highest BCUT2D eigenvalue weighted by Crippen LogP contribution is 2.41. The average Bonchev–Trinajstić information content (AvgIpc) is 3.08. The number of sulfonamides is 1. The minimum absolute atomic E-state index is 0.127. The Morgan fingerprint density at radius 1 is 1.38 bits per heavy atom. The Morgan fingerprint density at radius 3 is 2.71 bits per heavy atom. The second kappa shape index (κ2) is 5.96. The summed E-state index contributed by atoms with van der Waals surface area (Å²) in [5.41, 5.74) is 0.979. The van der Waals surface area contributed by atoms with Crippen molar-refractivity contribution in [2.45, 2.75) is 23.1 Å². The second-order valence-electron chi connectivity index (χ2n) is 4.74. The van der Waals surface area contributed by atoms with Crippen LogP contribution in [-0.2, 0) is 10.0 Å². The molecule has 4 nitrogen and oxygen atoms in total. The maximum atomic E-state index is 12.8. The van der Waals surface area contributed by atoms with E-state index in [1.165, 1.54) is 6.07 Å². The molecule has 0 spiro atoms.